The number of nitrogen functional groups attached to an aromatic ring is 1. The highest BCUT2D eigenvalue weighted by molar-refractivity contribution is 5.93. The van der Waals surface area contributed by atoms with Crippen molar-refractivity contribution in [2.24, 2.45) is 5.92 Å². The lowest BCUT2D eigenvalue weighted by Crippen LogP contribution is -2.38. The fraction of sp³-hybridized carbons (Fsp3) is 0.538. The summed E-state index contributed by atoms with van der Waals surface area (Å²) in [4.78, 5) is 30.6. The Balaban J connectivity index is 2.81. The highest BCUT2D eigenvalue weighted by Crippen LogP contribution is 2.10. The Bertz CT molecular complexity index is 482. The van der Waals surface area contributed by atoms with Crippen molar-refractivity contribution in [2.75, 3.05) is 5.73 Å². The van der Waals surface area contributed by atoms with Crippen molar-refractivity contribution in [1.82, 2.24) is 15.3 Å². The first kappa shape index (κ1) is 15.9. The molecule has 1 rings (SSSR count). The number of aryl methyl sites for hydroxylation is 1. The van der Waals surface area contributed by atoms with Crippen LogP contribution in [0.15, 0.2) is 6.07 Å². The average Bonchev–Trinajstić information content (AvgIpc) is 2.25. The van der Waals surface area contributed by atoms with Crippen molar-refractivity contribution in [2.45, 2.75) is 39.7 Å². The fourth-order valence-corrected chi connectivity index (χ4v) is 1.94. The maximum absolute atomic E-state index is 12.1. The van der Waals surface area contributed by atoms with Gasteiger partial charge in [-0.15, -0.1) is 0 Å². The molecule has 4 N–H and O–H groups in total. The standard InChI is InChI=1S/C13H20N4O3/c1-7(2)4-9(6-11(18)19)16-12(20)10-5-8(3)15-13(14)17-10/h5,7,9H,4,6H2,1-3H3,(H,16,20)(H,18,19)(H2,14,15,17)/t9-/m0/s1. The van der Waals surface area contributed by atoms with Gasteiger partial charge < -0.3 is 16.2 Å². The maximum atomic E-state index is 12.1. The molecule has 0 spiro atoms. The number of nitrogens with one attached hydrogen (secondary N) is 1. The molecule has 1 atom stereocenters. The lowest BCUT2D eigenvalue weighted by atomic mass is 10.0. The van der Waals surface area contributed by atoms with E-state index in [2.05, 4.69) is 15.3 Å². The molecule has 0 radical (unpaired) electrons. The molecule has 0 bridgehead atoms. The van der Waals surface area contributed by atoms with Crippen molar-refractivity contribution in [3.05, 3.63) is 17.5 Å². The molecule has 0 fully saturated rings. The van der Waals surface area contributed by atoms with Gasteiger partial charge in [0, 0.05) is 11.7 Å². The molecule has 0 aliphatic rings. The van der Waals surface area contributed by atoms with Crippen LogP contribution in [-0.2, 0) is 4.79 Å². The minimum Gasteiger partial charge on any atom is -0.481 e. The Labute approximate surface area is 117 Å². The molecule has 7 heteroatoms. The number of carboxylic acid groups (broad SMARTS) is 1. The van der Waals surface area contributed by atoms with E-state index in [1.165, 1.54) is 6.07 Å². The van der Waals surface area contributed by atoms with Crippen molar-refractivity contribution >= 4 is 17.8 Å². The number of carboxylic acids is 1. The second kappa shape index (κ2) is 6.83. The Kier molecular flexibility index (Phi) is 5.42. The predicted octanol–water partition coefficient (Wildman–Crippen LogP) is 0.986. The number of rotatable bonds is 6. The Morgan fingerprint density at radius 2 is 2.05 bits per heavy atom. The minimum atomic E-state index is -0.950. The minimum absolute atomic E-state index is 0.0220. The van der Waals surface area contributed by atoms with Gasteiger partial charge in [-0.05, 0) is 25.3 Å². The van der Waals surface area contributed by atoms with Crippen molar-refractivity contribution in [1.29, 1.82) is 0 Å². The molecule has 0 unspecified atom stereocenters. The first-order valence-corrected chi connectivity index (χ1v) is 6.41. The van der Waals surface area contributed by atoms with Crippen LogP contribution in [0.1, 0.15) is 42.9 Å². The average molecular weight is 280 g/mol. The molecular formula is C13H20N4O3. The quantitative estimate of drug-likeness (QED) is 0.715. The van der Waals surface area contributed by atoms with Crippen LogP contribution in [0.3, 0.4) is 0 Å². The number of carbonyl (C=O) groups is 2. The van der Waals surface area contributed by atoms with E-state index in [-0.39, 0.29) is 24.0 Å². The van der Waals surface area contributed by atoms with Gasteiger partial charge in [-0.1, -0.05) is 13.8 Å². The van der Waals surface area contributed by atoms with E-state index in [0.29, 0.717) is 12.1 Å². The number of anilines is 1. The number of nitrogens with zero attached hydrogens (tertiary/aromatic N) is 2. The molecule has 0 saturated carbocycles. The van der Waals surface area contributed by atoms with Gasteiger partial charge in [-0.3, -0.25) is 9.59 Å². The van der Waals surface area contributed by atoms with Crippen LogP contribution >= 0.6 is 0 Å². The summed E-state index contributed by atoms with van der Waals surface area (Å²) in [5, 5.41) is 11.6. The molecule has 0 aromatic carbocycles. The third-order valence-electron chi connectivity index (χ3n) is 2.62. The van der Waals surface area contributed by atoms with E-state index in [9.17, 15) is 9.59 Å². The van der Waals surface area contributed by atoms with E-state index in [1.807, 2.05) is 13.8 Å². The molecule has 0 aliphatic carbocycles. The van der Waals surface area contributed by atoms with Gasteiger partial charge in [-0.2, -0.15) is 0 Å². The van der Waals surface area contributed by atoms with Gasteiger partial charge in [0.25, 0.3) is 5.91 Å². The molecule has 20 heavy (non-hydrogen) atoms. The third-order valence-corrected chi connectivity index (χ3v) is 2.62. The molecule has 1 amide bonds. The molecule has 0 aliphatic heterocycles. The summed E-state index contributed by atoms with van der Waals surface area (Å²) < 4.78 is 0. The summed E-state index contributed by atoms with van der Waals surface area (Å²) in [6.45, 7) is 5.64. The predicted molar refractivity (Wildman–Crippen MR) is 74.1 cm³/mol. The van der Waals surface area contributed by atoms with E-state index in [0.717, 1.165) is 0 Å². The summed E-state index contributed by atoms with van der Waals surface area (Å²) in [6, 6.07) is 1.08. The highest BCUT2D eigenvalue weighted by atomic mass is 16.4. The largest absolute Gasteiger partial charge is 0.481 e. The first-order chi connectivity index (χ1) is 9.27. The molecule has 1 aromatic rings. The first-order valence-electron chi connectivity index (χ1n) is 6.41. The van der Waals surface area contributed by atoms with Crippen LogP contribution in [0.25, 0.3) is 0 Å². The summed E-state index contributed by atoms with van der Waals surface area (Å²) in [5.74, 6) is -1.09. The Hall–Kier alpha value is -2.18. The van der Waals surface area contributed by atoms with E-state index in [1.54, 1.807) is 6.92 Å². The Morgan fingerprint density at radius 3 is 2.55 bits per heavy atom. The van der Waals surface area contributed by atoms with Gasteiger partial charge in [0.2, 0.25) is 5.95 Å². The van der Waals surface area contributed by atoms with Crippen LogP contribution in [0.2, 0.25) is 0 Å². The van der Waals surface area contributed by atoms with Crippen LogP contribution < -0.4 is 11.1 Å². The summed E-state index contributed by atoms with van der Waals surface area (Å²) >= 11 is 0. The SMILES string of the molecule is Cc1cc(C(=O)N[C@H](CC(=O)O)CC(C)C)nc(N)n1. The second-order valence-electron chi connectivity index (χ2n) is 5.15. The molecule has 110 valence electrons. The maximum Gasteiger partial charge on any atom is 0.305 e. The van der Waals surface area contributed by atoms with Crippen molar-refractivity contribution < 1.29 is 14.7 Å². The molecular weight excluding hydrogens is 260 g/mol. The molecule has 1 heterocycles. The number of nitrogens with two attached hydrogens (primary N) is 1. The number of amides is 1. The fourth-order valence-electron chi connectivity index (χ4n) is 1.94. The van der Waals surface area contributed by atoms with Crippen LogP contribution in [0, 0.1) is 12.8 Å². The molecule has 1 aromatic heterocycles. The zero-order chi connectivity index (χ0) is 15.3. The number of hydrogen-bond donors (Lipinski definition) is 3. The van der Waals surface area contributed by atoms with Gasteiger partial charge in [0.1, 0.15) is 5.69 Å². The van der Waals surface area contributed by atoms with Crippen molar-refractivity contribution in [3.8, 4) is 0 Å². The monoisotopic (exact) mass is 280 g/mol. The second-order valence-corrected chi connectivity index (χ2v) is 5.15. The molecule has 0 saturated heterocycles. The topological polar surface area (TPSA) is 118 Å². The molecule has 7 nitrogen and oxygen atoms in total. The van der Waals surface area contributed by atoms with E-state index in [4.69, 9.17) is 10.8 Å². The number of hydrogen-bond acceptors (Lipinski definition) is 5. The summed E-state index contributed by atoms with van der Waals surface area (Å²) in [5.41, 5.74) is 6.23. The van der Waals surface area contributed by atoms with Gasteiger partial charge in [-0.25, -0.2) is 9.97 Å². The lowest BCUT2D eigenvalue weighted by Gasteiger charge is -2.18. The highest BCUT2D eigenvalue weighted by Gasteiger charge is 2.19. The summed E-state index contributed by atoms with van der Waals surface area (Å²) in [7, 11) is 0. The normalized spacial score (nSPS) is 12.2. The van der Waals surface area contributed by atoms with Crippen molar-refractivity contribution in [3.63, 3.8) is 0 Å². The zero-order valence-electron chi connectivity index (χ0n) is 11.9. The van der Waals surface area contributed by atoms with Gasteiger partial charge in [0.15, 0.2) is 0 Å². The summed E-state index contributed by atoms with van der Waals surface area (Å²) in [6.07, 6.45) is 0.459. The third kappa shape index (κ3) is 5.21. The Morgan fingerprint density at radius 1 is 1.40 bits per heavy atom. The van der Waals surface area contributed by atoms with E-state index >= 15 is 0 Å². The van der Waals surface area contributed by atoms with Gasteiger partial charge in [0.05, 0.1) is 6.42 Å². The number of carbonyl (C=O) groups excluding carboxylic acids is 1. The van der Waals surface area contributed by atoms with E-state index < -0.39 is 17.9 Å². The van der Waals surface area contributed by atoms with Crippen LogP contribution in [-0.4, -0.2) is 33.0 Å². The number of aromatic nitrogens is 2. The zero-order valence-corrected chi connectivity index (χ0v) is 11.9. The van der Waals surface area contributed by atoms with Gasteiger partial charge >= 0.3 is 5.97 Å². The van der Waals surface area contributed by atoms with Crippen LogP contribution in [0.5, 0.6) is 0 Å². The van der Waals surface area contributed by atoms with Crippen LogP contribution in [0.4, 0.5) is 5.95 Å². The lowest BCUT2D eigenvalue weighted by molar-refractivity contribution is -0.137. The smallest absolute Gasteiger partial charge is 0.305 e. The number of aliphatic carboxylic acids is 1.